The summed E-state index contributed by atoms with van der Waals surface area (Å²) in [5.41, 5.74) is 3.54. The Labute approximate surface area is 167 Å². The van der Waals surface area contributed by atoms with Crippen LogP contribution < -0.4 is 10.1 Å². The molecule has 7 heteroatoms. The maximum Gasteiger partial charge on any atom is 0.338 e. The summed E-state index contributed by atoms with van der Waals surface area (Å²) in [7, 11) is 1.49. The summed E-state index contributed by atoms with van der Waals surface area (Å²) in [6.07, 6.45) is 1.53. The molecule has 4 rings (SSSR count). The Hall–Kier alpha value is -3.74. The van der Waals surface area contributed by atoms with Crippen molar-refractivity contribution in [2.45, 2.75) is 13.0 Å². The van der Waals surface area contributed by atoms with E-state index in [4.69, 9.17) is 9.47 Å². The number of hydrogen-bond acceptors (Lipinski definition) is 6. The Kier molecular flexibility index (Phi) is 4.72. The topological polar surface area (TPSA) is 85.6 Å². The molecule has 0 unspecified atom stereocenters. The molecule has 1 atom stereocenters. The lowest BCUT2D eigenvalue weighted by Gasteiger charge is -2.30. The molecule has 148 valence electrons. The number of allylic oxidation sites excluding steroid dienone is 1. The predicted molar refractivity (Wildman–Crippen MR) is 110 cm³/mol. The highest BCUT2D eigenvalue weighted by Gasteiger charge is 2.35. The standard InChI is InChI=1S/C22H21N3O4/c1-4-11-29-21(27)19-13(2)23-22-24-15-7-5-6-8-16(15)25(22)20(19)14-9-10-17(26)18(12-14)28-3/h4-10,12,20,26H,1,11H2,2-3H3,(H,23,24)/t20-/m0/s1. The number of imidazole rings is 1. The second-order valence-corrected chi connectivity index (χ2v) is 6.68. The lowest BCUT2D eigenvalue weighted by molar-refractivity contribution is -0.138. The van der Waals surface area contributed by atoms with Gasteiger partial charge in [0.25, 0.3) is 0 Å². The molecule has 0 spiro atoms. The predicted octanol–water partition coefficient (Wildman–Crippen LogP) is 3.77. The van der Waals surface area contributed by atoms with Crippen LogP contribution in [0.2, 0.25) is 0 Å². The molecule has 1 aliphatic rings. The summed E-state index contributed by atoms with van der Waals surface area (Å²) < 4.78 is 12.6. The van der Waals surface area contributed by atoms with Crippen LogP contribution in [0.4, 0.5) is 5.95 Å². The van der Waals surface area contributed by atoms with Gasteiger partial charge in [-0.15, -0.1) is 0 Å². The van der Waals surface area contributed by atoms with Crippen molar-refractivity contribution in [1.82, 2.24) is 9.55 Å². The van der Waals surface area contributed by atoms with E-state index < -0.39 is 12.0 Å². The van der Waals surface area contributed by atoms with Gasteiger partial charge in [-0.25, -0.2) is 9.78 Å². The number of carbonyl (C=O) groups is 1. The smallest absolute Gasteiger partial charge is 0.338 e. The van der Waals surface area contributed by atoms with Crippen molar-refractivity contribution >= 4 is 23.0 Å². The molecule has 0 saturated heterocycles. The molecular formula is C22H21N3O4. The number of nitrogens with zero attached hydrogens (tertiary/aromatic N) is 2. The zero-order chi connectivity index (χ0) is 20.5. The third kappa shape index (κ3) is 3.10. The largest absolute Gasteiger partial charge is 0.504 e. The molecule has 0 aliphatic carbocycles. The van der Waals surface area contributed by atoms with Crippen LogP contribution >= 0.6 is 0 Å². The Balaban J connectivity index is 1.96. The number of methoxy groups -OCH3 is 1. The van der Waals surface area contributed by atoms with E-state index in [0.717, 1.165) is 16.6 Å². The van der Waals surface area contributed by atoms with Crippen LogP contribution in [0, 0.1) is 0 Å². The van der Waals surface area contributed by atoms with Crippen LogP contribution in [-0.4, -0.2) is 34.3 Å². The molecule has 2 N–H and O–H groups in total. The van der Waals surface area contributed by atoms with E-state index in [9.17, 15) is 9.90 Å². The summed E-state index contributed by atoms with van der Waals surface area (Å²) in [6.45, 7) is 5.53. The van der Waals surface area contributed by atoms with Gasteiger partial charge in [0, 0.05) is 5.70 Å². The van der Waals surface area contributed by atoms with Crippen molar-refractivity contribution in [2.24, 2.45) is 0 Å². The van der Waals surface area contributed by atoms with Gasteiger partial charge in [0.1, 0.15) is 6.61 Å². The number of phenols is 1. The lowest BCUT2D eigenvalue weighted by atomic mass is 9.94. The number of phenolic OH excluding ortho intramolecular Hbond substituents is 1. The number of aromatic nitrogens is 2. The van der Waals surface area contributed by atoms with E-state index in [1.807, 2.05) is 35.8 Å². The highest BCUT2D eigenvalue weighted by atomic mass is 16.5. The second kappa shape index (κ2) is 7.35. The summed E-state index contributed by atoms with van der Waals surface area (Å²) in [5.74, 6) is 0.525. The first-order valence-electron chi connectivity index (χ1n) is 9.14. The Bertz CT molecular complexity index is 1150. The normalized spacial score (nSPS) is 15.6. The van der Waals surface area contributed by atoms with E-state index in [2.05, 4.69) is 16.9 Å². The monoisotopic (exact) mass is 391 g/mol. The van der Waals surface area contributed by atoms with Gasteiger partial charge in [0.15, 0.2) is 11.5 Å². The molecule has 7 nitrogen and oxygen atoms in total. The van der Waals surface area contributed by atoms with Crippen molar-refractivity contribution < 1.29 is 19.4 Å². The molecule has 29 heavy (non-hydrogen) atoms. The number of carbonyl (C=O) groups excluding carboxylic acids is 1. The number of fused-ring (bicyclic) bond motifs is 3. The minimum Gasteiger partial charge on any atom is -0.504 e. The molecular weight excluding hydrogens is 370 g/mol. The highest BCUT2D eigenvalue weighted by molar-refractivity contribution is 5.94. The quantitative estimate of drug-likeness (QED) is 0.509. The number of para-hydroxylation sites is 2. The maximum atomic E-state index is 13.0. The van der Waals surface area contributed by atoms with Crippen LogP contribution in [0.15, 0.2) is 66.4 Å². The van der Waals surface area contributed by atoms with Crippen LogP contribution in [0.1, 0.15) is 18.5 Å². The minimum absolute atomic E-state index is 0.0254. The third-order valence-corrected chi connectivity index (χ3v) is 4.90. The first-order valence-corrected chi connectivity index (χ1v) is 9.14. The summed E-state index contributed by atoms with van der Waals surface area (Å²) in [4.78, 5) is 17.6. The number of benzene rings is 2. The zero-order valence-electron chi connectivity index (χ0n) is 16.2. The fourth-order valence-corrected chi connectivity index (χ4v) is 3.62. The first-order chi connectivity index (χ1) is 14.0. The van der Waals surface area contributed by atoms with Gasteiger partial charge in [0.05, 0.1) is 29.8 Å². The van der Waals surface area contributed by atoms with Crippen molar-refractivity contribution in [3.05, 3.63) is 72.0 Å². The van der Waals surface area contributed by atoms with Gasteiger partial charge < -0.3 is 19.9 Å². The summed E-state index contributed by atoms with van der Waals surface area (Å²) >= 11 is 0. The van der Waals surface area contributed by atoms with Crippen LogP contribution in [0.25, 0.3) is 11.0 Å². The Morgan fingerprint density at radius 3 is 2.90 bits per heavy atom. The van der Waals surface area contributed by atoms with Gasteiger partial charge in [-0.2, -0.15) is 0 Å². The molecule has 3 aromatic rings. The Morgan fingerprint density at radius 2 is 2.14 bits per heavy atom. The van der Waals surface area contributed by atoms with Crippen molar-refractivity contribution in [1.29, 1.82) is 0 Å². The van der Waals surface area contributed by atoms with Crippen LogP contribution in [0.5, 0.6) is 11.5 Å². The molecule has 2 heterocycles. The van der Waals surface area contributed by atoms with Gasteiger partial charge in [-0.05, 0) is 36.8 Å². The average molecular weight is 391 g/mol. The van der Waals surface area contributed by atoms with Crippen LogP contribution in [0.3, 0.4) is 0 Å². The average Bonchev–Trinajstić information content (AvgIpc) is 3.09. The van der Waals surface area contributed by atoms with Gasteiger partial charge in [0.2, 0.25) is 5.95 Å². The summed E-state index contributed by atoms with van der Waals surface area (Å²) in [5, 5.41) is 13.3. The number of aromatic hydroxyl groups is 1. The molecule has 0 saturated carbocycles. The van der Waals surface area contributed by atoms with Crippen molar-refractivity contribution in [3.8, 4) is 11.5 Å². The first kappa shape index (κ1) is 18.6. The van der Waals surface area contributed by atoms with Gasteiger partial charge in [-0.1, -0.05) is 30.9 Å². The van der Waals surface area contributed by atoms with Gasteiger partial charge in [-0.3, -0.25) is 4.57 Å². The summed E-state index contributed by atoms with van der Waals surface area (Å²) in [6, 6.07) is 12.2. The number of hydrogen-bond donors (Lipinski definition) is 2. The molecule has 0 bridgehead atoms. The molecule has 1 aromatic heterocycles. The van der Waals surface area contributed by atoms with E-state index >= 15 is 0 Å². The van der Waals surface area contributed by atoms with Crippen molar-refractivity contribution in [2.75, 3.05) is 19.0 Å². The number of ether oxygens (including phenoxy) is 2. The lowest BCUT2D eigenvalue weighted by Crippen LogP contribution is -2.29. The highest BCUT2D eigenvalue weighted by Crippen LogP contribution is 2.41. The fraction of sp³-hybridized carbons (Fsp3) is 0.182. The number of anilines is 1. The molecule has 2 aromatic carbocycles. The van der Waals surface area contributed by atoms with E-state index in [-0.39, 0.29) is 12.4 Å². The molecule has 0 fully saturated rings. The molecule has 0 amide bonds. The number of nitrogens with one attached hydrogen (secondary N) is 1. The third-order valence-electron chi connectivity index (χ3n) is 4.90. The van der Waals surface area contributed by atoms with E-state index in [1.165, 1.54) is 13.2 Å². The van der Waals surface area contributed by atoms with Crippen LogP contribution in [-0.2, 0) is 9.53 Å². The van der Waals surface area contributed by atoms with Crippen molar-refractivity contribution in [3.63, 3.8) is 0 Å². The second-order valence-electron chi connectivity index (χ2n) is 6.68. The van der Waals surface area contributed by atoms with Gasteiger partial charge >= 0.3 is 5.97 Å². The fourth-order valence-electron chi connectivity index (χ4n) is 3.62. The number of rotatable bonds is 5. The SMILES string of the molecule is C=CCOC(=O)C1=C(C)Nc2nc3ccccc3n2[C@H]1c1ccc(O)c(OC)c1. The minimum atomic E-state index is -0.509. The molecule has 0 radical (unpaired) electrons. The Morgan fingerprint density at radius 1 is 1.34 bits per heavy atom. The zero-order valence-corrected chi connectivity index (χ0v) is 16.2. The van der Waals surface area contributed by atoms with E-state index in [1.54, 1.807) is 18.2 Å². The molecule has 1 aliphatic heterocycles. The number of esters is 1. The maximum absolute atomic E-state index is 13.0. The van der Waals surface area contributed by atoms with E-state index in [0.29, 0.717) is 23.0 Å².